The zero-order chi connectivity index (χ0) is 13.5. The van der Waals surface area contributed by atoms with Gasteiger partial charge in [0.25, 0.3) is 0 Å². The molecule has 4 nitrogen and oxygen atoms in total. The third kappa shape index (κ3) is 9.01. The molecule has 1 aliphatic rings. The molecule has 0 bridgehead atoms. The zero-order valence-electron chi connectivity index (χ0n) is 12.9. The molecule has 1 aliphatic heterocycles. The summed E-state index contributed by atoms with van der Waals surface area (Å²) in [5.41, 5.74) is 5.64. The molecule has 0 saturated carbocycles. The maximum atomic E-state index is 11.6. The number of carbonyl (C=O) groups is 1. The van der Waals surface area contributed by atoms with Gasteiger partial charge in [-0.2, -0.15) is 0 Å². The summed E-state index contributed by atoms with van der Waals surface area (Å²) in [5, 5.41) is 3.01. The van der Waals surface area contributed by atoms with Crippen LogP contribution in [0.25, 0.3) is 0 Å². The fourth-order valence-corrected chi connectivity index (χ4v) is 2.31. The minimum atomic E-state index is 0. The van der Waals surface area contributed by atoms with Crippen molar-refractivity contribution in [1.82, 2.24) is 10.2 Å². The van der Waals surface area contributed by atoms with E-state index in [9.17, 15) is 4.79 Å². The monoisotopic (exact) mass is 327 g/mol. The van der Waals surface area contributed by atoms with Gasteiger partial charge < -0.3 is 11.1 Å². The number of nitrogens with two attached hydrogens (primary N) is 1. The molecule has 0 spiro atoms. The minimum Gasteiger partial charge on any atom is -0.355 e. The first-order valence-electron chi connectivity index (χ1n) is 7.25. The van der Waals surface area contributed by atoms with Gasteiger partial charge in [0.05, 0.1) is 0 Å². The van der Waals surface area contributed by atoms with Crippen LogP contribution in [0, 0.1) is 5.92 Å². The van der Waals surface area contributed by atoms with Crippen LogP contribution in [0.4, 0.5) is 0 Å². The summed E-state index contributed by atoms with van der Waals surface area (Å²) in [6.45, 7) is 9.53. The van der Waals surface area contributed by atoms with Gasteiger partial charge in [0.2, 0.25) is 5.91 Å². The predicted molar refractivity (Wildman–Crippen MR) is 89.8 cm³/mol. The second-order valence-electron chi connectivity index (χ2n) is 5.89. The Morgan fingerprint density at radius 3 is 2.35 bits per heavy atom. The summed E-state index contributed by atoms with van der Waals surface area (Å²) >= 11 is 0. The van der Waals surface area contributed by atoms with E-state index in [-0.39, 0.29) is 36.8 Å². The third-order valence-corrected chi connectivity index (χ3v) is 3.86. The van der Waals surface area contributed by atoms with E-state index in [4.69, 9.17) is 5.73 Å². The number of nitrogens with zero attached hydrogens (tertiary/aromatic N) is 1. The Kier molecular flexibility index (Phi) is 12.9. The van der Waals surface area contributed by atoms with E-state index in [1.807, 2.05) is 6.92 Å². The van der Waals surface area contributed by atoms with E-state index in [1.165, 1.54) is 12.8 Å². The Bertz CT molecular complexity index is 257. The number of hydrogen-bond donors (Lipinski definition) is 2. The number of likely N-dealkylation sites (tertiary alicyclic amines) is 1. The van der Waals surface area contributed by atoms with Crippen molar-refractivity contribution in [3.63, 3.8) is 0 Å². The average Bonchev–Trinajstić information content (AvgIpc) is 2.34. The lowest BCUT2D eigenvalue weighted by Crippen LogP contribution is -2.45. The van der Waals surface area contributed by atoms with Crippen molar-refractivity contribution in [3.05, 3.63) is 0 Å². The Balaban J connectivity index is 0. The van der Waals surface area contributed by atoms with Gasteiger partial charge in [-0.3, -0.25) is 9.69 Å². The highest BCUT2D eigenvalue weighted by Gasteiger charge is 2.20. The van der Waals surface area contributed by atoms with Crippen LogP contribution in [0.1, 0.15) is 46.5 Å². The van der Waals surface area contributed by atoms with E-state index >= 15 is 0 Å². The molecule has 3 N–H and O–H groups in total. The van der Waals surface area contributed by atoms with Crippen LogP contribution < -0.4 is 11.1 Å². The van der Waals surface area contributed by atoms with E-state index in [2.05, 4.69) is 24.1 Å². The second-order valence-corrected chi connectivity index (χ2v) is 5.89. The summed E-state index contributed by atoms with van der Waals surface area (Å²) in [7, 11) is 0. The van der Waals surface area contributed by atoms with Gasteiger partial charge in [0.15, 0.2) is 0 Å². The van der Waals surface area contributed by atoms with E-state index in [1.54, 1.807) is 0 Å². The molecule has 1 rings (SSSR count). The normalized spacial score (nSPS) is 19.4. The molecule has 0 aliphatic carbocycles. The molecule has 20 heavy (non-hydrogen) atoms. The summed E-state index contributed by atoms with van der Waals surface area (Å²) in [4.78, 5) is 14.1. The molecule has 0 aromatic carbocycles. The van der Waals surface area contributed by atoms with Crippen molar-refractivity contribution in [2.75, 3.05) is 19.6 Å². The maximum Gasteiger partial charge on any atom is 0.220 e. The van der Waals surface area contributed by atoms with Crippen LogP contribution in [0.2, 0.25) is 0 Å². The number of hydrogen-bond acceptors (Lipinski definition) is 3. The fraction of sp³-hybridized carbons (Fsp3) is 0.929. The number of piperidine rings is 1. The standard InChI is InChI=1S/C14H29N3O.2ClH/c1-11-6-8-17(9-7-11)13(3)10-16-14(18)5-4-12(2)15;;/h11-13H,4-10,15H2,1-3H3,(H,16,18);2*1H. The molecular weight excluding hydrogens is 297 g/mol. The van der Waals surface area contributed by atoms with Gasteiger partial charge in [-0.05, 0) is 52.1 Å². The summed E-state index contributed by atoms with van der Waals surface area (Å²) in [6, 6.07) is 0.550. The fourth-order valence-electron chi connectivity index (χ4n) is 2.31. The number of rotatable bonds is 6. The van der Waals surface area contributed by atoms with E-state index < -0.39 is 0 Å². The van der Waals surface area contributed by atoms with Crippen LogP contribution in [0.15, 0.2) is 0 Å². The van der Waals surface area contributed by atoms with Crippen LogP contribution in [-0.4, -0.2) is 42.5 Å². The lowest BCUT2D eigenvalue weighted by molar-refractivity contribution is -0.121. The molecule has 6 heteroatoms. The molecule has 1 fully saturated rings. The smallest absolute Gasteiger partial charge is 0.220 e. The number of amides is 1. The Morgan fingerprint density at radius 1 is 1.30 bits per heavy atom. The van der Waals surface area contributed by atoms with Crippen LogP contribution in [-0.2, 0) is 4.79 Å². The van der Waals surface area contributed by atoms with Gasteiger partial charge in [0.1, 0.15) is 0 Å². The van der Waals surface area contributed by atoms with Gasteiger partial charge in [0, 0.05) is 25.0 Å². The predicted octanol–water partition coefficient (Wildman–Crippen LogP) is 2.19. The van der Waals surface area contributed by atoms with Gasteiger partial charge >= 0.3 is 0 Å². The maximum absolute atomic E-state index is 11.6. The highest BCUT2D eigenvalue weighted by Crippen LogP contribution is 2.17. The zero-order valence-corrected chi connectivity index (χ0v) is 14.6. The molecule has 2 unspecified atom stereocenters. The average molecular weight is 328 g/mol. The first-order chi connectivity index (χ1) is 8.49. The van der Waals surface area contributed by atoms with Crippen LogP contribution in [0.3, 0.4) is 0 Å². The van der Waals surface area contributed by atoms with Crippen molar-refractivity contribution >= 4 is 30.7 Å². The number of carbonyl (C=O) groups excluding carboxylic acids is 1. The largest absolute Gasteiger partial charge is 0.355 e. The summed E-state index contributed by atoms with van der Waals surface area (Å²) in [5.74, 6) is 0.985. The Morgan fingerprint density at radius 2 is 1.85 bits per heavy atom. The molecule has 0 aromatic rings. The molecule has 122 valence electrons. The minimum absolute atomic E-state index is 0. The molecule has 1 heterocycles. The Labute approximate surface area is 136 Å². The molecule has 1 amide bonds. The molecule has 0 radical (unpaired) electrons. The first-order valence-corrected chi connectivity index (χ1v) is 7.25. The molecule has 0 aromatic heterocycles. The van der Waals surface area contributed by atoms with E-state index in [0.29, 0.717) is 12.5 Å². The second kappa shape index (κ2) is 11.6. The van der Waals surface area contributed by atoms with Gasteiger partial charge in [-0.25, -0.2) is 0 Å². The topological polar surface area (TPSA) is 58.4 Å². The summed E-state index contributed by atoms with van der Waals surface area (Å²) < 4.78 is 0. The molecule has 1 saturated heterocycles. The number of halogens is 2. The molecular formula is C14H31Cl2N3O. The lowest BCUT2D eigenvalue weighted by Gasteiger charge is -2.35. The number of nitrogens with one attached hydrogen (secondary N) is 1. The van der Waals surface area contributed by atoms with Crippen LogP contribution >= 0.6 is 24.8 Å². The van der Waals surface area contributed by atoms with Crippen molar-refractivity contribution in [2.24, 2.45) is 11.7 Å². The van der Waals surface area contributed by atoms with Crippen LogP contribution in [0.5, 0.6) is 0 Å². The van der Waals surface area contributed by atoms with Crippen molar-refractivity contribution in [3.8, 4) is 0 Å². The highest BCUT2D eigenvalue weighted by molar-refractivity contribution is 5.85. The van der Waals surface area contributed by atoms with Crippen molar-refractivity contribution in [1.29, 1.82) is 0 Å². The highest BCUT2D eigenvalue weighted by atomic mass is 35.5. The lowest BCUT2D eigenvalue weighted by atomic mass is 9.98. The molecule has 2 atom stereocenters. The summed E-state index contributed by atoms with van der Waals surface area (Å²) in [6.07, 6.45) is 3.87. The first kappa shape index (κ1) is 22.3. The SMILES string of the molecule is CC(N)CCC(=O)NCC(C)N1CCC(C)CC1.Cl.Cl. The van der Waals surface area contributed by atoms with Gasteiger partial charge in [-0.1, -0.05) is 6.92 Å². The van der Waals surface area contributed by atoms with Crippen molar-refractivity contribution < 1.29 is 4.79 Å². The Hall–Kier alpha value is -0.0300. The van der Waals surface area contributed by atoms with Gasteiger partial charge in [-0.15, -0.1) is 24.8 Å². The van der Waals surface area contributed by atoms with E-state index in [0.717, 1.165) is 32.0 Å². The van der Waals surface area contributed by atoms with Crippen molar-refractivity contribution in [2.45, 2.75) is 58.5 Å². The quantitative estimate of drug-likeness (QED) is 0.786. The third-order valence-electron chi connectivity index (χ3n) is 3.86.